The van der Waals surface area contributed by atoms with Crippen molar-refractivity contribution in [3.05, 3.63) is 100 Å². The van der Waals surface area contributed by atoms with Crippen LogP contribution in [-0.2, 0) is 15.1 Å². The number of nitrogens with zero attached hydrogens (tertiary/aromatic N) is 2. The first-order valence-electron chi connectivity index (χ1n) is 9.20. The summed E-state index contributed by atoms with van der Waals surface area (Å²) in [5, 5.41) is 10.8. The molecule has 0 N–H and O–H groups in total. The Morgan fingerprint density at radius 2 is 1.53 bits per heavy atom. The lowest BCUT2D eigenvalue weighted by Crippen LogP contribution is -2.53. The zero-order valence-corrected chi connectivity index (χ0v) is 16.1. The van der Waals surface area contributed by atoms with Crippen molar-refractivity contribution in [2.75, 3.05) is 4.90 Å². The molecule has 32 heavy (non-hydrogen) atoms. The molecule has 7 nitrogen and oxygen atoms in total. The molecule has 0 spiro atoms. The van der Waals surface area contributed by atoms with E-state index in [1.807, 2.05) is 0 Å². The van der Waals surface area contributed by atoms with Gasteiger partial charge in [0.15, 0.2) is 0 Å². The first kappa shape index (κ1) is 21.0. The van der Waals surface area contributed by atoms with Crippen LogP contribution >= 0.6 is 0 Å². The van der Waals surface area contributed by atoms with Crippen LogP contribution in [-0.4, -0.2) is 23.0 Å². The van der Waals surface area contributed by atoms with Gasteiger partial charge in [-0.1, -0.05) is 36.4 Å². The van der Waals surface area contributed by atoms with E-state index in [1.54, 1.807) is 18.2 Å². The van der Waals surface area contributed by atoms with Crippen LogP contribution in [0.3, 0.4) is 0 Å². The molecule has 0 bridgehead atoms. The number of alkyl halides is 3. The summed E-state index contributed by atoms with van der Waals surface area (Å²) in [6.07, 6.45) is -5.29. The van der Waals surface area contributed by atoms with Crippen molar-refractivity contribution in [2.45, 2.75) is 11.8 Å². The molecule has 1 atom stereocenters. The zero-order valence-electron chi connectivity index (χ0n) is 16.1. The highest BCUT2D eigenvalue weighted by Crippen LogP contribution is 2.54. The Balaban J connectivity index is 1.83. The van der Waals surface area contributed by atoms with Gasteiger partial charge < -0.3 is 4.74 Å². The zero-order chi connectivity index (χ0) is 23.1. The molecule has 0 saturated carbocycles. The second-order valence-corrected chi connectivity index (χ2v) is 6.87. The van der Waals surface area contributed by atoms with Crippen LogP contribution in [0.15, 0.2) is 78.9 Å². The molecular formula is C22H13F3N2O5. The number of nitro groups is 1. The number of hydrogen-bond acceptors (Lipinski definition) is 5. The number of esters is 1. The largest absolute Gasteiger partial charge is 0.442 e. The number of benzene rings is 3. The molecule has 3 aromatic rings. The number of halogens is 3. The number of rotatable bonds is 4. The Morgan fingerprint density at radius 3 is 2.12 bits per heavy atom. The van der Waals surface area contributed by atoms with Crippen molar-refractivity contribution < 1.29 is 32.4 Å². The third-order valence-electron chi connectivity index (χ3n) is 5.00. The fraction of sp³-hybridized carbons (Fsp3) is 0.0909. The first-order valence-corrected chi connectivity index (χ1v) is 9.20. The molecular weight excluding hydrogens is 429 g/mol. The molecule has 0 radical (unpaired) electrons. The molecule has 0 saturated heterocycles. The second kappa shape index (κ2) is 7.49. The summed E-state index contributed by atoms with van der Waals surface area (Å²) in [5.41, 5.74) is -4.75. The number of hydrogen-bond donors (Lipinski definition) is 0. The van der Waals surface area contributed by atoms with Gasteiger partial charge in [0.25, 0.3) is 11.6 Å². The molecule has 4 rings (SSSR count). The molecule has 0 fully saturated rings. The molecule has 1 aliphatic rings. The maximum Gasteiger partial charge on any atom is 0.442 e. The quantitative estimate of drug-likeness (QED) is 0.326. The summed E-state index contributed by atoms with van der Waals surface area (Å²) in [7, 11) is 0. The molecule has 1 heterocycles. The number of anilines is 2. The monoisotopic (exact) mass is 442 g/mol. The van der Waals surface area contributed by atoms with Gasteiger partial charge in [0.1, 0.15) is 0 Å². The number of carbonyl (C=O) groups excluding carboxylic acids is 2. The van der Waals surface area contributed by atoms with Crippen molar-refractivity contribution in [1.29, 1.82) is 0 Å². The van der Waals surface area contributed by atoms with Gasteiger partial charge >= 0.3 is 17.7 Å². The lowest BCUT2D eigenvalue weighted by molar-refractivity contribution is -0.384. The average molecular weight is 442 g/mol. The van der Waals surface area contributed by atoms with E-state index in [9.17, 15) is 32.9 Å². The SMILES string of the molecule is O=C(O[C@]1(C(F)(F)F)C(=O)N(c2ccccc2)c2ccccc21)c1ccc([N+](=O)[O-])cc1. The average Bonchev–Trinajstić information content (AvgIpc) is 3.03. The van der Waals surface area contributed by atoms with E-state index in [1.165, 1.54) is 30.3 Å². The Hall–Kier alpha value is -4.21. The van der Waals surface area contributed by atoms with Gasteiger partial charge in [-0.3, -0.25) is 19.8 Å². The van der Waals surface area contributed by atoms with Gasteiger partial charge in [-0.25, -0.2) is 4.79 Å². The summed E-state index contributed by atoms with van der Waals surface area (Å²) in [4.78, 5) is 36.9. The lowest BCUT2D eigenvalue weighted by atomic mass is 9.94. The van der Waals surface area contributed by atoms with Gasteiger partial charge in [-0.2, -0.15) is 13.2 Å². The van der Waals surface area contributed by atoms with Gasteiger partial charge in [0.05, 0.1) is 16.2 Å². The van der Waals surface area contributed by atoms with E-state index in [0.717, 1.165) is 35.2 Å². The summed E-state index contributed by atoms with van der Waals surface area (Å²) in [6, 6.07) is 16.7. The topological polar surface area (TPSA) is 89.8 Å². The third kappa shape index (κ3) is 3.16. The maximum atomic E-state index is 14.5. The highest BCUT2D eigenvalue weighted by atomic mass is 19.4. The van der Waals surface area contributed by atoms with Gasteiger partial charge in [-0.05, 0) is 30.3 Å². The number of ether oxygens (including phenoxy) is 1. The van der Waals surface area contributed by atoms with Crippen LogP contribution in [0.1, 0.15) is 15.9 Å². The maximum absolute atomic E-state index is 14.5. The Morgan fingerprint density at radius 1 is 0.938 bits per heavy atom. The number of fused-ring (bicyclic) bond motifs is 1. The van der Waals surface area contributed by atoms with E-state index in [2.05, 4.69) is 0 Å². The van der Waals surface area contributed by atoms with Crippen LogP contribution in [0.5, 0.6) is 0 Å². The molecule has 0 aliphatic carbocycles. The molecule has 162 valence electrons. The molecule has 0 unspecified atom stereocenters. The van der Waals surface area contributed by atoms with Crippen molar-refractivity contribution in [3.63, 3.8) is 0 Å². The molecule has 1 aliphatic heterocycles. The molecule has 0 aromatic heterocycles. The standard InChI is InChI=1S/C22H13F3N2O5/c23-22(24,25)21(32-19(28)14-10-12-16(13-11-14)27(30)31)17-8-4-5-9-18(17)26(20(21)29)15-6-2-1-3-7-15/h1-13H/t21-/m0/s1. The normalized spacial score (nSPS) is 17.7. The number of carbonyl (C=O) groups is 2. The Labute approximate surface area is 178 Å². The lowest BCUT2D eigenvalue weighted by Gasteiger charge is -2.30. The van der Waals surface area contributed by atoms with Crippen molar-refractivity contribution in [3.8, 4) is 0 Å². The van der Waals surface area contributed by atoms with Crippen LogP contribution in [0.25, 0.3) is 0 Å². The minimum atomic E-state index is -5.29. The Kier molecular flexibility index (Phi) is 4.92. The van der Waals surface area contributed by atoms with Crippen LogP contribution in [0, 0.1) is 10.1 Å². The summed E-state index contributed by atoms with van der Waals surface area (Å²) >= 11 is 0. The summed E-state index contributed by atoms with van der Waals surface area (Å²) in [6.45, 7) is 0. The third-order valence-corrected chi connectivity index (χ3v) is 5.00. The number of nitro benzene ring substituents is 1. The highest BCUT2D eigenvalue weighted by molar-refractivity contribution is 6.13. The van der Waals surface area contributed by atoms with E-state index in [0.29, 0.717) is 0 Å². The number of para-hydroxylation sites is 2. The summed E-state index contributed by atoms with van der Waals surface area (Å²) < 4.78 is 48.3. The first-order chi connectivity index (χ1) is 15.2. The van der Waals surface area contributed by atoms with E-state index >= 15 is 0 Å². The predicted octanol–water partition coefficient (Wildman–Crippen LogP) is 4.89. The van der Waals surface area contributed by atoms with Crippen LogP contribution in [0.4, 0.5) is 30.2 Å². The second-order valence-electron chi connectivity index (χ2n) is 6.87. The van der Waals surface area contributed by atoms with Crippen molar-refractivity contribution in [1.82, 2.24) is 0 Å². The van der Waals surface area contributed by atoms with Crippen molar-refractivity contribution in [2.24, 2.45) is 0 Å². The van der Waals surface area contributed by atoms with E-state index in [-0.39, 0.29) is 22.6 Å². The van der Waals surface area contributed by atoms with Crippen molar-refractivity contribution >= 4 is 28.9 Å². The van der Waals surface area contributed by atoms with E-state index in [4.69, 9.17) is 4.74 Å². The Bertz CT molecular complexity index is 1210. The van der Waals surface area contributed by atoms with E-state index < -0.39 is 34.1 Å². The van der Waals surface area contributed by atoms with Crippen LogP contribution < -0.4 is 4.90 Å². The fourth-order valence-corrected chi connectivity index (χ4v) is 3.53. The number of non-ortho nitro benzene ring substituents is 1. The number of amides is 1. The molecule has 1 amide bonds. The minimum absolute atomic E-state index is 0.0717. The highest BCUT2D eigenvalue weighted by Gasteiger charge is 2.71. The minimum Gasteiger partial charge on any atom is -0.430 e. The van der Waals surface area contributed by atoms with Gasteiger partial charge in [0, 0.05) is 23.4 Å². The predicted molar refractivity (Wildman–Crippen MR) is 106 cm³/mol. The molecule has 10 heteroatoms. The van der Waals surface area contributed by atoms with Gasteiger partial charge in [0.2, 0.25) is 0 Å². The van der Waals surface area contributed by atoms with Gasteiger partial charge in [-0.15, -0.1) is 0 Å². The summed E-state index contributed by atoms with van der Waals surface area (Å²) in [5.74, 6) is -2.94. The van der Waals surface area contributed by atoms with Crippen LogP contribution in [0.2, 0.25) is 0 Å². The molecule has 3 aromatic carbocycles. The fourth-order valence-electron chi connectivity index (χ4n) is 3.53. The smallest absolute Gasteiger partial charge is 0.430 e.